The minimum absolute atomic E-state index is 0.101. The second kappa shape index (κ2) is 7.48. The van der Waals surface area contributed by atoms with Crippen molar-refractivity contribution in [3.8, 4) is 11.3 Å². The van der Waals surface area contributed by atoms with Gasteiger partial charge >= 0.3 is 6.03 Å². The molecule has 3 aromatic heterocycles. The summed E-state index contributed by atoms with van der Waals surface area (Å²) in [5.74, 6) is 1.55. The predicted octanol–water partition coefficient (Wildman–Crippen LogP) is 4.22. The van der Waals surface area contributed by atoms with E-state index >= 15 is 0 Å². The number of nitrogens with one attached hydrogen (secondary N) is 1. The van der Waals surface area contributed by atoms with Crippen LogP contribution in [0.4, 0.5) is 10.5 Å². The average Bonchev–Trinajstić information content (AvgIpc) is 3.31. The van der Waals surface area contributed by atoms with Crippen molar-refractivity contribution in [1.82, 2.24) is 20.0 Å². The lowest BCUT2D eigenvalue weighted by Gasteiger charge is -2.30. The van der Waals surface area contributed by atoms with Crippen molar-refractivity contribution in [3.05, 3.63) is 46.4 Å². The number of amides is 2. The third-order valence-electron chi connectivity index (χ3n) is 4.73. The van der Waals surface area contributed by atoms with Crippen molar-refractivity contribution in [3.63, 3.8) is 0 Å². The Kier molecular flexibility index (Phi) is 4.89. The van der Waals surface area contributed by atoms with Gasteiger partial charge in [-0.3, -0.25) is 4.98 Å². The monoisotopic (exact) mass is 383 g/mol. The number of thiophene rings is 1. The van der Waals surface area contributed by atoms with Crippen molar-refractivity contribution in [2.75, 3.05) is 18.4 Å². The molecule has 1 aliphatic rings. The molecule has 1 N–H and O–H groups in total. The largest absolute Gasteiger partial charge is 0.339 e. The number of hydrogen-bond donors (Lipinski definition) is 1. The zero-order valence-electron chi connectivity index (χ0n) is 15.3. The van der Waals surface area contributed by atoms with Crippen LogP contribution in [0.25, 0.3) is 11.3 Å². The minimum Gasteiger partial charge on any atom is -0.339 e. The maximum atomic E-state index is 12.7. The van der Waals surface area contributed by atoms with Gasteiger partial charge in [0.05, 0.1) is 11.4 Å². The highest BCUT2D eigenvalue weighted by Crippen LogP contribution is 2.30. The van der Waals surface area contributed by atoms with Crippen molar-refractivity contribution in [2.45, 2.75) is 32.6 Å². The van der Waals surface area contributed by atoms with Crippen LogP contribution < -0.4 is 5.32 Å². The number of likely N-dealkylation sites (tertiary alicyclic amines) is 1. The summed E-state index contributed by atoms with van der Waals surface area (Å²) in [4.78, 5) is 24.6. The number of urea groups is 1. The molecule has 4 heterocycles. The number of aryl methyl sites for hydroxylation is 2. The predicted molar refractivity (Wildman–Crippen MR) is 104 cm³/mol. The maximum Gasteiger partial charge on any atom is 0.321 e. The molecule has 27 heavy (non-hydrogen) atoms. The van der Waals surface area contributed by atoms with Gasteiger partial charge in [-0.1, -0.05) is 5.16 Å². The molecular formula is C19H21N5O2S. The van der Waals surface area contributed by atoms with E-state index in [0.29, 0.717) is 24.8 Å². The van der Waals surface area contributed by atoms with Gasteiger partial charge in [0.25, 0.3) is 0 Å². The number of hydrogen-bond acceptors (Lipinski definition) is 6. The first-order valence-corrected chi connectivity index (χ1v) is 9.85. The number of pyridine rings is 1. The van der Waals surface area contributed by atoms with E-state index in [-0.39, 0.29) is 11.9 Å². The summed E-state index contributed by atoms with van der Waals surface area (Å²) >= 11 is 1.67. The van der Waals surface area contributed by atoms with E-state index in [0.717, 1.165) is 29.8 Å². The van der Waals surface area contributed by atoms with Gasteiger partial charge in [-0.15, -0.1) is 11.3 Å². The summed E-state index contributed by atoms with van der Waals surface area (Å²) in [6, 6.07) is 5.71. The van der Waals surface area contributed by atoms with E-state index in [9.17, 15) is 4.79 Å². The molecule has 0 aromatic carbocycles. The highest BCUT2D eigenvalue weighted by Gasteiger charge is 2.27. The van der Waals surface area contributed by atoms with Gasteiger partial charge in [-0.05, 0) is 44.9 Å². The Balaban J connectivity index is 1.42. The maximum absolute atomic E-state index is 12.7. The molecule has 0 aliphatic carbocycles. The van der Waals surface area contributed by atoms with Crippen LogP contribution in [0.5, 0.6) is 0 Å². The van der Waals surface area contributed by atoms with Crippen molar-refractivity contribution in [2.24, 2.45) is 0 Å². The van der Waals surface area contributed by atoms with Crippen LogP contribution in [-0.2, 0) is 0 Å². The number of piperidine rings is 1. The quantitative estimate of drug-likeness (QED) is 0.732. The molecule has 0 atom stereocenters. The molecule has 0 unspecified atom stereocenters. The van der Waals surface area contributed by atoms with E-state index in [4.69, 9.17) is 4.52 Å². The summed E-state index contributed by atoms with van der Waals surface area (Å²) in [7, 11) is 0. The Labute approximate surface area is 161 Å². The fourth-order valence-electron chi connectivity index (χ4n) is 3.31. The Morgan fingerprint density at radius 3 is 2.81 bits per heavy atom. The summed E-state index contributed by atoms with van der Waals surface area (Å²) in [6.07, 6.45) is 3.38. The number of carbonyl (C=O) groups is 1. The standard InChI is InChI=1S/C19H21N5O2S/c1-12-10-15(11-27-12)17-16(4-3-7-20-17)22-19(25)24-8-5-14(6-9-24)18-21-13(2)23-26-18/h3-4,7,10-11,14H,5-6,8-9H2,1-2H3,(H,22,25). The molecule has 7 nitrogen and oxygen atoms in total. The smallest absolute Gasteiger partial charge is 0.321 e. The number of anilines is 1. The first kappa shape index (κ1) is 17.7. The van der Waals surface area contributed by atoms with Gasteiger partial charge in [-0.25, -0.2) is 4.79 Å². The van der Waals surface area contributed by atoms with Crippen molar-refractivity contribution >= 4 is 23.1 Å². The third kappa shape index (κ3) is 3.85. The molecule has 1 saturated heterocycles. The third-order valence-corrected chi connectivity index (χ3v) is 5.59. The van der Waals surface area contributed by atoms with Gasteiger partial charge in [-0.2, -0.15) is 4.98 Å². The number of nitrogens with zero attached hydrogens (tertiary/aromatic N) is 4. The van der Waals surface area contributed by atoms with E-state index in [1.807, 2.05) is 24.0 Å². The SMILES string of the molecule is Cc1noc(C2CCN(C(=O)Nc3cccnc3-c3csc(C)c3)CC2)n1. The lowest BCUT2D eigenvalue weighted by atomic mass is 9.97. The summed E-state index contributed by atoms with van der Waals surface area (Å²) in [6.45, 7) is 5.19. The second-order valence-electron chi connectivity index (χ2n) is 6.72. The number of carbonyl (C=O) groups excluding carboxylic acids is 1. The first-order valence-electron chi connectivity index (χ1n) is 8.97. The Bertz CT molecular complexity index is 943. The molecule has 1 aliphatic heterocycles. The second-order valence-corrected chi connectivity index (χ2v) is 7.83. The zero-order valence-corrected chi connectivity index (χ0v) is 16.1. The molecule has 140 valence electrons. The lowest BCUT2D eigenvalue weighted by Crippen LogP contribution is -2.40. The normalized spacial score (nSPS) is 15.1. The van der Waals surface area contributed by atoms with E-state index in [1.54, 1.807) is 17.5 Å². The van der Waals surface area contributed by atoms with E-state index in [2.05, 4.69) is 38.8 Å². The van der Waals surface area contributed by atoms with Gasteiger partial charge < -0.3 is 14.7 Å². The molecular weight excluding hydrogens is 362 g/mol. The van der Waals surface area contributed by atoms with Crippen molar-refractivity contribution < 1.29 is 9.32 Å². The lowest BCUT2D eigenvalue weighted by molar-refractivity contribution is 0.187. The van der Waals surface area contributed by atoms with Crippen LogP contribution in [0, 0.1) is 13.8 Å². The topological polar surface area (TPSA) is 84.2 Å². The first-order chi connectivity index (χ1) is 13.1. The molecule has 8 heteroatoms. The van der Waals surface area contributed by atoms with Gasteiger partial charge in [0.2, 0.25) is 5.89 Å². The zero-order chi connectivity index (χ0) is 18.8. The molecule has 0 saturated carbocycles. The minimum atomic E-state index is -0.101. The highest BCUT2D eigenvalue weighted by atomic mass is 32.1. The fraction of sp³-hybridized carbons (Fsp3) is 0.368. The van der Waals surface area contributed by atoms with Crippen LogP contribution in [0.15, 0.2) is 34.3 Å². The molecule has 0 spiro atoms. The molecule has 2 amide bonds. The van der Waals surface area contributed by atoms with Crippen LogP contribution in [-0.4, -0.2) is 39.1 Å². The van der Waals surface area contributed by atoms with Gasteiger partial charge in [0.1, 0.15) is 0 Å². The summed E-state index contributed by atoms with van der Waals surface area (Å²) < 4.78 is 5.27. The molecule has 0 radical (unpaired) electrons. The van der Waals surface area contributed by atoms with Crippen LogP contribution >= 0.6 is 11.3 Å². The van der Waals surface area contributed by atoms with Gasteiger partial charge in [0, 0.05) is 41.0 Å². The van der Waals surface area contributed by atoms with Crippen LogP contribution in [0.2, 0.25) is 0 Å². The number of aromatic nitrogens is 3. The summed E-state index contributed by atoms with van der Waals surface area (Å²) in [5, 5.41) is 8.94. The van der Waals surface area contributed by atoms with Crippen molar-refractivity contribution in [1.29, 1.82) is 0 Å². The van der Waals surface area contributed by atoms with E-state index in [1.165, 1.54) is 4.88 Å². The van der Waals surface area contributed by atoms with Crippen LogP contribution in [0.1, 0.15) is 35.4 Å². The Morgan fingerprint density at radius 1 is 1.33 bits per heavy atom. The molecule has 0 bridgehead atoms. The van der Waals surface area contributed by atoms with Crippen LogP contribution in [0.3, 0.4) is 0 Å². The molecule has 1 fully saturated rings. The highest BCUT2D eigenvalue weighted by molar-refractivity contribution is 7.10. The number of rotatable bonds is 3. The summed E-state index contributed by atoms with van der Waals surface area (Å²) in [5.41, 5.74) is 2.56. The Hall–Kier alpha value is -2.74. The average molecular weight is 383 g/mol. The fourth-order valence-corrected chi connectivity index (χ4v) is 3.99. The Morgan fingerprint density at radius 2 is 2.15 bits per heavy atom. The van der Waals surface area contributed by atoms with Gasteiger partial charge in [0.15, 0.2) is 5.82 Å². The molecule has 4 rings (SSSR count). The molecule has 3 aromatic rings. The van der Waals surface area contributed by atoms with E-state index < -0.39 is 0 Å².